The minimum absolute atomic E-state index is 0. The maximum Gasteiger partial charge on any atom is 0.250 e. The van der Waals surface area contributed by atoms with Gasteiger partial charge in [0.15, 0.2) is 0 Å². The first-order valence-corrected chi connectivity index (χ1v) is 4.98. The summed E-state index contributed by atoms with van der Waals surface area (Å²) in [4.78, 5) is 11.0. The van der Waals surface area contributed by atoms with Crippen molar-refractivity contribution < 1.29 is 37.5 Å². The van der Waals surface area contributed by atoms with Crippen LogP contribution in [0.15, 0.2) is 24.4 Å². The normalized spacial score (nSPS) is 9.06. The minimum Gasteiger partial charge on any atom is -0.407 e. The fraction of sp³-hybridized carbons (Fsp3) is 0.167. The molecule has 4 nitrogen and oxygen atoms in total. The monoisotopic (exact) mass is 306 g/mol. The smallest absolute Gasteiger partial charge is 0.250 e. The zero-order chi connectivity index (χ0) is 12.1. The van der Waals surface area contributed by atoms with Gasteiger partial charge in [0.1, 0.15) is 0 Å². The van der Waals surface area contributed by atoms with Gasteiger partial charge in [-0.25, -0.2) is 5.10 Å². The second-order valence-electron chi connectivity index (χ2n) is 3.28. The predicted octanol–water partition coefficient (Wildman–Crippen LogP) is 2.00. The zero-order valence-electron chi connectivity index (χ0n) is 9.89. The summed E-state index contributed by atoms with van der Waals surface area (Å²) in [6.45, 7) is 5.50. The summed E-state index contributed by atoms with van der Waals surface area (Å²) in [6.07, 6.45) is 2.74. The molecule has 0 unspecified atom stereocenters. The third-order valence-corrected chi connectivity index (χ3v) is 1.85. The van der Waals surface area contributed by atoms with E-state index >= 15 is 0 Å². The number of fused-ring (bicyclic) bond motifs is 1. The van der Waals surface area contributed by atoms with Gasteiger partial charge in [0.25, 0.3) is 5.91 Å². The molecule has 0 bridgehead atoms. The molecule has 0 spiro atoms. The van der Waals surface area contributed by atoms with E-state index in [1.54, 1.807) is 18.3 Å². The number of carbonyl (C=O) groups is 1. The van der Waals surface area contributed by atoms with E-state index in [0.29, 0.717) is 11.1 Å². The van der Waals surface area contributed by atoms with Crippen LogP contribution in [0, 0.1) is 14.0 Å². The van der Waals surface area contributed by atoms with Crippen LogP contribution in [0.1, 0.15) is 23.7 Å². The van der Waals surface area contributed by atoms with Crippen LogP contribution in [0.4, 0.5) is 0 Å². The molecule has 5 heteroatoms. The van der Waals surface area contributed by atoms with Gasteiger partial charge in [-0.2, -0.15) is 13.5 Å². The fourth-order valence-corrected chi connectivity index (χ4v) is 1.29. The average molecular weight is 306 g/mol. The maximum atomic E-state index is 11.0. The number of amides is 1. The van der Waals surface area contributed by atoms with E-state index in [0.717, 1.165) is 11.8 Å². The molecule has 2 aromatic rings. The maximum absolute atomic E-state index is 11.0. The van der Waals surface area contributed by atoms with E-state index in [2.05, 4.69) is 19.1 Å². The molecule has 17 heavy (non-hydrogen) atoms. The fourth-order valence-electron chi connectivity index (χ4n) is 1.29. The third-order valence-electron chi connectivity index (χ3n) is 1.85. The minimum atomic E-state index is -0.468. The number of hydrogen-bond acceptors (Lipinski definition) is 2. The molecule has 1 aromatic carbocycles. The van der Waals surface area contributed by atoms with E-state index in [9.17, 15) is 4.79 Å². The summed E-state index contributed by atoms with van der Waals surface area (Å²) in [5.41, 5.74) is 6.21. The van der Waals surface area contributed by atoms with E-state index in [-0.39, 0.29) is 32.7 Å². The Morgan fingerprint density at radius 1 is 1.53 bits per heavy atom. The van der Waals surface area contributed by atoms with Gasteiger partial charge in [0.2, 0.25) is 0 Å². The molecule has 0 saturated heterocycles. The largest absolute Gasteiger partial charge is 0.407 e. The van der Waals surface area contributed by atoms with Gasteiger partial charge in [0, 0.05) is 32.7 Å². The molecule has 0 aliphatic rings. The number of primary amides is 1. The molecule has 0 saturated carbocycles. The van der Waals surface area contributed by atoms with E-state index in [1.165, 1.54) is 4.68 Å². The van der Waals surface area contributed by atoms with E-state index in [1.807, 2.05) is 13.0 Å². The van der Waals surface area contributed by atoms with Crippen molar-refractivity contribution in [2.45, 2.75) is 13.3 Å². The second-order valence-corrected chi connectivity index (χ2v) is 3.28. The third kappa shape index (κ3) is 4.13. The van der Waals surface area contributed by atoms with Crippen molar-refractivity contribution in [1.82, 2.24) is 9.78 Å². The van der Waals surface area contributed by atoms with Crippen molar-refractivity contribution >= 4 is 16.8 Å². The number of nitrogens with zero attached hydrogens (tertiary/aromatic N) is 2. The number of carbonyl (C=O) groups excluding carboxylic acids is 1. The van der Waals surface area contributed by atoms with E-state index < -0.39 is 5.91 Å². The van der Waals surface area contributed by atoms with Crippen LogP contribution in [-0.4, -0.2) is 15.7 Å². The van der Waals surface area contributed by atoms with Gasteiger partial charge in [-0.1, -0.05) is 24.4 Å². The van der Waals surface area contributed by atoms with Crippen LogP contribution in [0.5, 0.6) is 0 Å². The van der Waals surface area contributed by atoms with Crippen LogP contribution in [0.3, 0.4) is 0 Å². The molecular weight excluding hydrogens is 291 g/mol. The van der Waals surface area contributed by atoms with Crippen molar-refractivity contribution in [3.63, 3.8) is 0 Å². The number of hydrogen-bond donors (Lipinski definition) is 1. The molecule has 1 heterocycles. The molecule has 1 aromatic heterocycles. The van der Waals surface area contributed by atoms with Gasteiger partial charge in [-0.05, 0) is 6.07 Å². The first-order valence-electron chi connectivity index (χ1n) is 4.98. The van der Waals surface area contributed by atoms with Crippen LogP contribution >= 0.6 is 0 Å². The number of rotatable bonds is 1. The molecule has 1 amide bonds. The molecule has 2 rings (SSSR count). The van der Waals surface area contributed by atoms with Gasteiger partial charge in [-0.3, -0.25) is 4.79 Å². The Kier molecular flexibility index (Phi) is 7.08. The van der Waals surface area contributed by atoms with Gasteiger partial charge < -0.3 is 17.3 Å². The Bertz CT molecular complexity index is 493. The van der Waals surface area contributed by atoms with E-state index in [4.69, 9.17) is 5.73 Å². The van der Waals surface area contributed by atoms with Gasteiger partial charge >= 0.3 is 0 Å². The van der Waals surface area contributed by atoms with Crippen molar-refractivity contribution in [3.8, 4) is 0 Å². The van der Waals surface area contributed by atoms with Crippen molar-refractivity contribution in [1.29, 1.82) is 0 Å². The quantitative estimate of drug-likeness (QED) is 0.819. The van der Waals surface area contributed by atoms with Crippen LogP contribution < -0.4 is 5.73 Å². The summed E-state index contributed by atoms with van der Waals surface area (Å²) >= 11 is 0. The Balaban J connectivity index is 0.000000583. The number of aromatic nitrogens is 2. The van der Waals surface area contributed by atoms with Gasteiger partial charge in [-0.15, -0.1) is 6.20 Å². The van der Waals surface area contributed by atoms with Crippen molar-refractivity contribution in [2.75, 3.05) is 0 Å². The molecule has 89 valence electrons. The average Bonchev–Trinajstić information content (AvgIpc) is 2.58. The zero-order valence-corrected chi connectivity index (χ0v) is 12.7. The summed E-state index contributed by atoms with van der Waals surface area (Å²) in [7, 11) is 3.61. The Morgan fingerprint density at radius 2 is 2.12 bits per heavy atom. The first kappa shape index (κ1) is 16.1. The molecule has 0 aliphatic heterocycles. The van der Waals surface area contributed by atoms with Crippen molar-refractivity contribution in [2.24, 2.45) is 5.73 Å². The summed E-state index contributed by atoms with van der Waals surface area (Å²) in [5, 5.41) is 4.91. The van der Waals surface area contributed by atoms with Crippen LogP contribution in [-0.2, 0) is 32.7 Å². The Morgan fingerprint density at radius 3 is 2.65 bits per heavy atom. The Hall–Kier alpha value is -0.866. The van der Waals surface area contributed by atoms with Crippen molar-refractivity contribution in [3.05, 3.63) is 43.9 Å². The molecule has 2 N–H and O–H groups in total. The standard InChI is InChI=1S/C9H8N3O.C3H7.Y/c1-12-5-6-3-2-4-7(9(10)13)8(6)11-12;1-3-2;/h2-5H,1H2,(H2,10,13);1,3H2,2H3;/q2*-1;. The topological polar surface area (TPSA) is 60.9 Å². The summed E-state index contributed by atoms with van der Waals surface area (Å²) < 4.78 is 1.41. The molecule has 0 atom stereocenters. The molecule has 0 aliphatic carbocycles. The molecule has 0 fully saturated rings. The number of benzene rings is 1. The SMILES string of the molecule is [CH2-]CC.[CH2-]n1cc2cccc(C(N)=O)c2n1.[Y]. The summed E-state index contributed by atoms with van der Waals surface area (Å²) in [5.74, 6) is -0.468. The second kappa shape index (κ2) is 7.46. The van der Waals surface area contributed by atoms with Crippen LogP contribution in [0.25, 0.3) is 10.9 Å². The predicted molar refractivity (Wildman–Crippen MR) is 64.7 cm³/mol. The number of nitrogens with two attached hydrogens (primary N) is 1. The van der Waals surface area contributed by atoms with Gasteiger partial charge in [0.05, 0.1) is 11.1 Å². The molecule has 1 radical (unpaired) electrons. The van der Waals surface area contributed by atoms with Crippen LogP contribution in [0.2, 0.25) is 0 Å². The Labute approximate surface area is 126 Å². The summed E-state index contributed by atoms with van der Waals surface area (Å²) in [6, 6.07) is 5.28. The molecular formula is C12H15N3OY-2. The first-order chi connectivity index (χ1) is 7.60.